The predicted molar refractivity (Wildman–Crippen MR) is 64.9 cm³/mol. The van der Waals surface area contributed by atoms with Crippen LogP contribution in [0.1, 0.15) is 33.6 Å². The molecule has 0 aromatic rings. The van der Waals surface area contributed by atoms with Crippen LogP contribution in [0.25, 0.3) is 0 Å². The van der Waals surface area contributed by atoms with Crippen molar-refractivity contribution >= 4 is 7.82 Å². The second-order valence-corrected chi connectivity index (χ2v) is 5.93. The Balaban J connectivity index is 2.45. The molecule has 102 valence electrons. The van der Waals surface area contributed by atoms with Gasteiger partial charge in [0.05, 0.1) is 19.3 Å². The molecule has 1 heterocycles. The number of hydrogen-bond donors (Lipinski definition) is 0. The maximum Gasteiger partial charge on any atom is 0.475 e. The Kier molecular flexibility index (Phi) is 6.10. The summed E-state index contributed by atoms with van der Waals surface area (Å²) in [7, 11) is -1.80. The van der Waals surface area contributed by atoms with Crippen molar-refractivity contribution in [3.05, 3.63) is 0 Å². The summed E-state index contributed by atoms with van der Waals surface area (Å²) in [5.74, 6) is 0.392. The second-order valence-electron chi connectivity index (χ2n) is 4.31. The molecule has 1 saturated heterocycles. The Hall–Kier alpha value is 0.0700. The maximum atomic E-state index is 12.1. The Bertz CT molecular complexity index is 267. The Labute approximate surface area is 103 Å². The van der Waals surface area contributed by atoms with Crippen molar-refractivity contribution in [3.63, 3.8) is 0 Å². The second kappa shape index (κ2) is 6.86. The van der Waals surface area contributed by atoms with Gasteiger partial charge in [0.25, 0.3) is 0 Å². The van der Waals surface area contributed by atoms with Crippen LogP contribution in [0, 0.1) is 5.92 Å². The molecule has 0 aliphatic carbocycles. The minimum atomic E-state index is -3.38. The minimum absolute atomic E-state index is 0.186. The van der Waals surface area contributed by atoms with Crippen LogP contribution in [0.15, 0.2) is 0 Å². The Morgan fingerprint density at radius 3 is 2.53 bits per heavy atom. The first-order chi connectivity index (χ1) is 8.04. The summed E-state index contributed by atoms with van der Waals surface area (Å²) >= 11 is 0. The minimum Gasteiger partial charge on any atom is -0.376 e. The summed E-state index contributed by atoms with van der Waals surface area (Å²) in [6.45, 7) is 6.63. The lowest BCUT2D eigenvalue weighted by atomic mass is 10.1. The average Bonchev–Trinajstić information content (AvgIpc) is 2.30. The van der Waals surface area contributed by atoms with Crippen molar-refractivity contribution in [3.8, 4) is 0 Å². The van der Waals surface area contributed by atoms with Crippen LogP contribution in [-0.4, -0.2) is 32.5 Å². The molecule has 1 aliphatic heterocycles. The normalized spacial score (nSPS) is 34.2. The van der Waals surface area contributed by atoms with E-state index in [2.05, 4.69) is 13.8 Å². The highest BCUT2D eigenvalue weighted by atomic mass is 31.2. The van der Waals surface area contributed by atoms with E-state index in [0.717, 1.165) is 12.8 Å². The van der Waals surface area contributed by atoms with Gasteiger partial charge in [0.1, 0.15) is 6.10 Å². The van der Waals surface area contributed by atoms with Crippen molar-refractivity contribution in [1.82, 2.24) is 0 Å². The van der Waals surface area contributed by atoms with Crippen LogP contribution in [0.2, 0.25) is 0 Å². The molecule has 1 fully saturated rings. The molecule has 5 nitrogen and oxygen atoms in total. The van der Waals surface area contributed by atoms with Gasteiger partial charge in [0.15, 0.2) is 0 Å². The van der Waals surface area contributed by atoms with Gasteiger partial charge in [-0.15, -0.1) is 0 Å². The van der Waals surface area contributed by atoms with Crippen molar-refractivity contribution < 1.29 is 22.9 Å². The highest BCUT2D eigenvalue weighted by molar-refractivity contribution is 7.48. The zero-order valence-electron chi connectivity index (χ0n) is 11.0. The third-order valence-electron chi connectivity index (χ3n) is 3.14. The lowest BCUT2D eigenvalue weighted by Gasteiger charge is -2.32. The summed E-state index contributed by atoms with van der Waals surface area (Å²) in [5, 5.41) is 0. The molecule has 0 spiro atoms. The van der Waals surface area contributed by atoms with E-state index >= 15 is 0 Å². The van der Waals surface area contributed by atoms with Gasteiger partial charge in [0, 0.05) is 7.11 Å². The summed E-state index contributed by atoms with van der Waals surface area (Å²) in [6, 6.07) is 0. The monoisotopic (exact) mass is 266 g/mol. The number of phosphoric ester groups is 1. The zero-order chi connectivity index (χ0) is 12.9. The number of phosphoric acid groups is 1. The number of methoxy groups -OCH3 is 1. The van der Waals surface area contributed by atoms with Crippen LogP contribution >= 0.6 is 7.82 Å². The van der Waals surface area contributed by atoms with Crippen molar-refractivity contribution in [1.29, 1.82) is 0 Å². The molecule has 1 unspecified atom stereocenters. The Morgan fingerprint density at radius 2 is 2.06 bits per heavy atom. The molecule has 0 amide bonds. The van der Waals surface area contributed by atoms with E-state index in [-0.39, 0.29) is 18.8 Å². The quantitative estimate of drug-likeness (QED) is 0.692. The first-order valence-corrected chi connectivity index (χ1v) is 7.61. The fourth-order valence-electron chi connectivity index (χ4n) is 1.65. The molecule has 0 N–H and O–H groups in total. The number of ether oxygens (including phenoxy) is 1. The summed E-state index contributed by atoms with van der Waals surface area (Å²) in [5.41, 5.74) is 0. The van der Waals surface area contributed by atoms with E-state index in [0.29, 0.717) is 12.5 Å². The molecule has 0 saturated carbocycles. The summed E-state index contributed by atoms with van der Waals surface area (Å²) < 4.78 is 33.1. The van der Waals surface area contributed by atoms with E-state index in [1.54, 1.807) is 7.11 Å². The molecule has 0 bridgehead atoms. The van der Waals surface area contributed by atoms with Crippen LogP contribution in [0.4, 0.5) is 0 Å². The molecule has 3 atom stereocenters. The van der Waals surface area contributed by atoms with Crippen LogP contribution in [0.5, 0.6) is 0 Å². The number of rotatable bonds is 6. The van der Waals surface area contributed by atoms with Gasteiger partial charge in [-0.1, -0.05) is 26.7 Å². The fraction of sp³-hybridized carbons (Fsp3) is 1.00. The van der Waals surface area contributed by atoms with E-state index in [1.807, 2.05) is 6.92 Å². The highest BCUT2D eigenvalue weighted by Crippen LogP contribution is 2.54. The first kappa shape index (κ1) is 15.1. The van der Waals surface area contributed by atoms with Crippen LogP contribution in [0.3, 0.4) is 0 Å². The van der Waals surface area contributed by atoms with Gasteiger partial charge >= 0.3 is 7.82 Å². The summed E-state index contributed by atoms with van der Waals surface area (Å²) in [4.78, 5) is 0. The number of hydrogen-bond acceptors (Lipinski definition) is 5. The van der Waals surface area contributed by atoms with Gasteiger partial charge < -0.3 is 4.74 Å². The van der Waals surface area contributed by atoms with Gasteiger partial charge in [0.2, 0.25) is 0 Å². The van der Waals surface area contributed by atoms with E-state index in [1.165, 1.54) is 0 Å². The SMILES string of the molecule is CCC(CC)COP1(=O)OC[C@@H](OC)[C@H](C)O1. The van der Waals surface area contributed by atoms with Crippen molar-refractivity contribution in [2.75, 3.05) is 20.3 Å². The Morgan fingerprint density at radius 1 is 1.41 bits per heavy atom. The molecule has 1 aliphatic rings. The van der Waals surface area contributed by atoms with Gasteiger partial charge in [-0.3, -0.25) is 13.6 Å². The van der Waals surface area contributed by atoms with E-state index in [9.17, 15) is 4.57 Å². The molecule has 0 aromatic heterocycles. The summed E-state index contributed by atoms with van der Waals surface area (Å²) in [6.07, 6.45) is 1.52. The lowest BCUT2D eigenvalue weighted by molar-refractivity contribution is -0.0747. The topological polar surface area (TPSA) is 54.0 Å². The fourth-order valence-corrected chi connectivity index (χ4v) is 3.11. The molecule has 17 heavy (non-hydrogen) atoms. The molecular formula is C11H23O5P. The van der Waals surface area contributed by atoms with Gasteiger partial charge in [-0.05, 0) is 12.8 Å². The van der Waals surface area contributed by atoms with E-state index < -0.39 is 7.82 Å². The zero-order valence-corrected chi connectivity index (χ0v) is 11.9. The third-order valence-corrected chi connectivity index (χ3v) is 4.66. The molecule has 0 aromatic carbocycles. The van der Waals surface area contributed by atoms with Gasteiger partial charge in [-0.25, -0.2) is 4.57 Å². The van der Waals surface area contributed by atoms with Crippen LogP contribution < -0.4 is 0 Å². The third kappa shape index (κ3) is 4.34. The van der Waals surface area contributed by atoms with Gasteiger partial charge in [-0.2, -0.15) is 0 Å². The van der Waals surface area contributed by atoms with Crippen molar-refractivity contribution in [2.45, 2.75) is 45.8 Å². The largest absolute Gasteiger partial charge is 0.475 e. The standard InChI is InChI=1S/C11H23O5P/c1-5-10(6-2)7-14-17(12)15-8-11(13-4)9(3)16-17/h9-11H,5-8H2,1-4H3/t9-,11+,17?/m0/s1. The highest BCUT2D eigenvalue weighted by Gasteiger charge is 2.39. The molecule has 0 radical (unpaired) electrons. The predicted octanol–water partition coefficient (Wildman–Crippen LogP) is 3.00. The molecular weight excluding hydrogens is 243 g/mol. The molecule has 1 rings (SSSR count). The average molecular weight is 266 g/mol. The smallest absolute Gasteiger partial charge is 0.376 e. The van der Waals surface area contributed by atoms with E-state index in [4.69, 9.17) is 18.3 Å². The maximum absolute atomic E-state index is 12.1. The lowest BCUT2D eigenvalue weighted by Crippen LogP contribution is -2.36. The van der Waals surface area contributed by atoms with Crippen molar-refractivity contribution in [2.24, 2.45) is 5.92 Å². The first-order valence-electron chi connectivity index (χ1n) is 6.15. The molecule has 6 heteroatoms. The van der Waals surface area contributed by atoms with Crippen LogP contribution in [-0.2, 0) is 22.9 Å².